The molecule has 138 valence electrons. The quantitative estimate of drug-likeness (QED) is 0.756. The first-order chi connectivity index (χ1) is 12.0. The molecule has 1 amide bonds. The summed E-state index contributed by atoms with van der Waals surface area (Å²) in [5.41, 5.74) is 1.48. The third-order valence-corrected chi connectivity index (χ3v) is 7.94. The summed E-state index contributed by atoms with van der Waals surface area (Å²) in [6.45, 7) is 4.93. The number of amides is 1. The lowest BCUT2D eigenvalue weighted by molar-refractivity contribution is -0.126. The van der Waals surface area contributed by atoms with Crippen LogP contribution < -0.4 is 5.32 Å². The fourth-order valence-corrected chi connectivity index (χ4v) is 6.71. The molecule has 25 heavy (non-hydrogen) atoms. The van der Waals surface area contributed by atoms with Crippen LogP contribution in [-0.2, 0) is 11.3 Å². The fourth-order valence-electron chi connectivity index (χ4n) is 6.42. The van der Waals surface area contributed by atoms with Crippen molar-refractivity contribution >= 4 is 21.8 Å². The fraction of sp³-hybridized carbons (Fsp3) is 0.800. The first-order valence-electron chi connectivity index (χ1n) is 9.96. The summed E-state index contributed by atoms with van der Waals surface area (Å²) in [6, 6.07) is 0.360. The smallest absolute Gasteiger partial charge is 0.222 e. The second-order valence-electron chi connectivity index (χ2n) is 8.86. The van der Waals surface area contributed by atoms with Crippen molar-refractivity contribution < 1.29 is 4.79 Å². The Hall–Kier alpha value is -0.840. The average Bonchev–Trinajstić information content (AvgIpc) is 2.88. The molecule has 1 atom stereocenters. The maximum atomic E-state index is 12.6. The molecule has 1 aromatic rings. The summed E-state index contributed by atoms with van der Waals surface area (Å²) in [5, 5.41) is 7.76. The Morgan fingerprint density at radius 2 is 1.92 bits per heavy atom. The number of hydrogen-bond donors (Lipinski definition) is 1. The summed E-state index contributed by atoms with van der Waals surface area (Å²) in [5.74, 6) is 2.98. The molecule has 0 spiro atoms. The molecule has 0 saturated heterocycles. The highest BCUT2D eigenvalue weighted by molar-refractivity contribution is 9.10. The molecule has 4 aliphatic carbocycles. The van der Waals surface area contributed by atoms with Crippen LogP contribution in [0.5, 0.6) is 0 Å². The minimum atomic E-state index is 0.189. The predicted molar refractivity (Wildman–Crippen MR) is 102 cm³/mol. The van der Waals surface area contributed by atoms with E-state index in [4.69, 9.17) is 0 Å². The van der Waals surface area contributed by atoms with Gasteiger partial charge in [-0.2, -0.15) is 5.10 Å². The summed E-state index contributed by atoms with van der Waals surface area (Å²) in [4.78, 5) is 12.6. The molecule has 5 rings (SSSR count). The number of aryl methyl sites for hydroxylation is 1. The largest absolute Gasteiger partial charge is 0.353 e. The number of nitrogens with zero attached hydrogens (tertiary/aromatic N) is 2. The number of rotatable bonds is 6. The highest BCUT2D eigenvalue weighted by Crippen LogP contribution is 2.61. The van der Waals surface area contributed by atoms with E-state index in [-0.39, 0.29) is 5.91 Å². The van der Waals surface area contributed by atoms with E-state index in [2.05, 4.69) is 33.3 Å². The molecule has 4 nitrogen and oxygen atoms in total. The number of carbonyl (C=O) groups excluding carboxylic acids is 1. The third kappa shape index (κ3) is 3.29. The highest BCUT2D eigenvalue weighted by Gasteiger charge is 2.53. The molecule has 4 aliphatic rings. The second kappa shape index (κ2) is 6.71. The zero-order valence-electron chi connectivity index (χ0n) is 15.4. The number of halogens is 1. The topological polar surface area (TPSA) is 46.9 Å². The Labute approximate surface area is 159 Å². The Morgan fingerprint density at radius 3 is 2.40 bits per heavy atom. The van der Waals surface area contributed by atoms with E-state index in [9.17, 15) is 4.79 Å². The van der Waals surface area contributed by atoms with Crippen LogP contribution in [0, 0.1) is 30.1 Å². The average molecular weight is 408 g/mol. The van der Waals surface area contributed by atoms with E-state index in [1.165, 1.54) is 38.5 Å². The molecular formula is C20H30BrN3O. The van der Waals surface area contributed by atoms with Crippen LogP contribution in [0.2, 0.25) is 0 Å². The van der Waals surface area contributed by atoms with Crippen LogP contribution in [0.1, 0.15) is 64.0 Å². The van der Waals surface area contributed by atoms with Crippen molar-refractivity contribution in [2.24, 2.45) is 23.2 Å². The molecule has 1 unspecified atom stereocenters. The van der Waals surface area contributed by atoms with Crippen molar-refractivity contribution in [1.82, 2.24) is 15.1 Å². The summed E-state index contributed by atoms with van der Waals surface area (Å²) >= 11 is 3.48. The van der Waals surface area contributed by atoms with Gasteiger partial charge in [0.15, 0.2) is 0 Å². The van der Waals surface area contributed by atoms with Crippen molar-refractivity contribution in [3.63, 3.8) is 0 Å². The minimum absolute atomic E-state index is 0.189. The van der Waals surface area contributed by atoms with Crippen molar-refractivity contribution in [2.75, 3.05) is 0 Å². The molecular weight excluding hydrogens is 378 g/mol. The second-order valence-corrected chi connectivity index (χ2v) is 9.71. The first-order valence-corrected chi connectivity index (χ1v) is 10.8. The van der Waals surface area contributed by atoms with Gasteiger partial charge in [0.2, 0.25) is 5.91 Å². The Morgan fingerprint density at radius 1 is 1.32 bits per heavy atom. The van der Waals surface area contributed by atoms with E-state index in [1.54, 1.807) is 6.20 Å². The van der Waals surface area contributed by atoms with Gasteiger partial charge in [0.25, 0.3) is 0 Å². The van der Waals surface area contributed by atoms with Crippen molar-refractivity contribution in [1.29, 1.82) is 0 Å². The van der Waals surface area contributed by atoms with Crippen LogP contribution in [0.15, 0.2) is 10.7 Å². The third-order valence-electron chi connectivity index (χ3n) is 7.16. The van der Waals surface area contributed by atoms with E-state index in [0.717, 1.165) is 34.3 Å². The Bertz CT molecular complexity index is 618. The summed E-state index contributed by atoms with van der Waals surface area (Å²) in [6.07, 6.45) is 11.8. The van der Waals surface area contributed by atoms with E-state index < -0.39 is 0 Å². The monoisotopic (exact) mass is 407 g/mol. The molecule has 1 N–H and O–H groups in total. The van der Waals surface area contributed by atoms with Gasteiger partial charge in [0.1, 0.15) is 0 Å². The van der Waals surface area contributed by atoms with Gasteiger partial charge in [-0.15, -0.1) is 0 Å². The number of hydrogen-bond acceptors (Lipinski definition) is 2. The van der Waals surface area contributed by atoms with Gasteiger partial charge in [0.05, 0.1) is 10.7 Å². The molecule has 1 heterocycles. The van der Waals surface area contributed by atoms with Gasteiger partial charge in [0, 0.05) is 24.7 Å². The van der Waals surface area contributed by atoms with E-state index in [0.29, 0.717) is 24.4 Å². The SMILES string of the molecule is CCC(NC(=O)CCn1ncc(Br)c1C)C12CC3CC(CC(C3)C1)C2. The molecule has 0 aliphatic heterocycles. The van der Waals surface area contributed by atoms with Crippen LogP contribution in [0.25, 0.3) is 0 Å². The van der Waals surface area contributed by atoms with Gasteiger partial charge in [-0.05, 0) is 91.0 Å². The first kappa shape index (κ1) is 17.6. The van der Waals surface area contributed by atoms with Crippen molar-refractivity contribution in [3.8, 4) is 0 Å². The molecule has 1 aromatic heterocycles. The molecule has 0 radical (unpaired) electrons. The number of carbonyl (C=O) groups is 1. The maximum absolute atomic E-state index is 12.6. The van der Waals surface area contributed by atoms with Crippen LogP contribution in [0.3, 0.4) is 0 Å². The molecule has 0 aromatic carbocycles. The molecule has 5 heteroatoms. The highest BCUT2D eigenvalue weighted by atomic mass is 79.9. The van der Waals surface area contributed by atoms with Crippen molar-refractivity contribution in [3.05, 3.63) is 16.4 Å². The lowest BCUT2D eigenvalue weighted by atomic mass is 9.47. The normalized spacial score (nSPS) is 34.3. The number of aromatic nitrogens is 2. The lowest BCUT2D eigenvalue weighted by Gasteiger charge is -2.59. The lowest BCUT2D eigenvalue weighted by Crippen LogP contribution is -2.56. The number of nitrogens with one attached hydrogen (secondary N) is 1. The Balaban J connectivity index is 1.38. The molecule has 4 fully saturated rings. The van der Waals surface area contributed by atoms with Crippen LogP contribution in [0.4, 0.5) is 0 Å². The molecule has 4 bridgehead atoms. The van der Waals surface area contributed by atoms with E-state index >= 15 is 0 Å². The summed E-state index contributed by atoms with van der Waals surface area (Å²) in [7, 11) is 0. The van der Waals surface area contributed by atoms with Gasteiger partial charge in [-0.25, -0.2) is 0 Å². The molecule has 4 saturated carbocycles. The minimum Gasteiger partial charge on any atom is -0.353 e. The van der Waals surface area contributed by atoms with Crippen LogP contribution >= 0.6 is 15.9 Å². The van der Waals surface area contributed by atoms with Crippen LogP contribution in [-0.4, -0.2) is 21.7 Å². The summed E-state index contributed by atoms with van der Waals surface area (Å²) < 4.78 is 2.92. The van der Waals surface area contributed by atoms with Gasteiger partial charge in [-0.3, -0.25) is 9.48 Å². The van der Waals surface area contributed by atoms with Gasteiger partial charge in [-0.1, -0.05) is 6.92 Å². The Kier molecular flexibility index (Phi) is 4.72. The zero-order valence-corrected chi connectivity index (χ0v) is 17.0. The van der Waals surface area contributed by atoms with Gasteiger partial charge < -0.3 is 5.32 Å². The zero-order chi connectivity index (χ0) is 17.6. The van der Waals surface area contributed by atoms with E-state index in [1.807, 2.05) is 11.6 Å². The standard InChI is InChI=1S/C20H30BrN3O/c1-3-18(20-9-14-6-15(10-20)8-16(7-14)11-20)23-19(25)4-5-24-13(2)17(21)12-22-24/h12,14-16,18H,3-11H2,1-2H3,(H,23,25). The van der Waals surface area contributed by atoms with Crippen molar-refractivity contribution in [2.45, 2.75) is 77.8 Å². The maximum Gasteiger partial charge on any atom is 0.222 e. The predicted octanol–water partition coefficient (Wildman–Crippen LogP) is 4.46. The van der Waals surface area contributed by atoms with Gasteiger partial charge >= 0.3 is 0 Å².